The van der Waals surface area contributed by atoms with Crippen molar-refractivity contribution in [1.29, 1.82) is 0 Å². The van der Waals surface area contributed by atoms with Gasteiger partial charge in [-0.15, -0.1) is 0 Å². The van der Waals surface area contributed by atoms with Crippen molar-refractivity contribution in [2.45, 2.75) is 104 Å². The summed E-state index contributed by atoms with van der Waals surface area (Å²) in [7, 11) is 2.88. The largest absolute Gasteiger partial charge is 0.469 e. The first-order chi connectivity index (χ1) is 14.1. The van der Waals surface area contributed by atoms with Crippen molar-refractivity contribution in [2.75, 3.05) is 14.2 Å². The lowest BCUT2D eigenvalue weighted by atomic mass is 9.96. The number of carbonyl (C=O) groups is 2. The zero-order chi connectivity index (χ0) is 21.5. The van der Waals surface area contributed by atoms with Crippen LogP contribution in [0, 0.1) is 0 Å². The number of hydrogen-bond donors (Lipinski definition) is 0. The summed E-state index contributed by atoms with van der Waals surface area (Å²) in [6, 6.07) is 0. The average Bonchev–Trinajstić information content (AvgIpc) is 3.04. The van der Waals surface area contributed by atoms with Crippen LogP contribution in [0.4, 0.5) is 0 Å². The SMILES string of the molecule is CCCc1c(CCCCCC(=O)OC)oc(CCCCCC(=O)OC)c1CCC. The van der Waals surface area contributed by atoms with Gasteiger partial charge in [0.15, 0.2) is 0 Å². The van der Waals surface area contributed by atoms with E-state index in [0.717, 1.165) is 88.6 Å². The van der Waals surface area contributed by atoms with Crippen molar-refractivity contribution >= 4 is 11.9 Å². The Morgan fingerprint density at radius 3 is 1.41 bits per heavy atom. The summed E-state index contributed by atoms with van der Waals surface area (Å²) >= 11 is 0. The van der Waals surface area contributed by atoms with Gasteiger partial charge in [-0.05, 0) is 49.7 Å². The zero-order valence-corrected chi connectivity index (χ0v) is 18.9. The first-order valence-electron chi connectivity index (χ1n) is 11.3. The van der Waals surface area contributed by atoms with E-state index in [9.17, 15) is 9.59 Å². The van der Waals surface area contributed by atoms with Crippen molar-refractivity contribution in [3.05, 3.63) is 22.6 Å². The summed E-state index contributed by atoms with van der Waals surface area (Å²) in [5, 5.41) is 0. The Labute approximate surface area is 176 Å². The Kier molecular flexibility index (Phi) is 13.2. The molecule has 0 aliphatic heterocycles. The smallest absolute Gasteiger partial charge is 0.305 e. The topological polar surface area (TPSA) is 65.7 Å². The number of aryl methyl sites for hydroxylation is 2. The molecule has 0 N–H and O–H groups in total. The lowest BCUT2D eigenvalue weighted by Gasteiger charge is -2.05. The molecule has 0 saturated carbocycles. The van der Waals surface area contributed by atoms with Gasteiger partial charge < -0.3 is 13.9 Å². The van der Waals surface area contributed by atoms with Crippen molar-refractivity contribution in [3.63, 3.8) is 0 Å². The van der Waals surface area contributed by atoms with Gasteiger partial charge in [-0.1, -0.05) is 39.5 Å². The molecule has 0 fully saturated rings. The number of rotatable bonds is 16. The molecule has 0 aliphatic rings. The van der Waals surface area contributed by atoms with Crippen LogP contribution in [0.2, 0.25) is 0 Å². The molecule has 1 aromatic heterocycles. The molecule has 1 aromatic rings. The van der Waals surface area contributed by atoms with E-state index in [1.165, 1.54) is 25.3 Å². The fraction of sp³-hybridized carbons (Fsp3) is 0.750. The van der Waals surface area contributed by atoms with Crippen molar-refractivity contribution in [3.8, 4) is 0 Å². The minimum Gasteiger partial charge on any atom is -0.469 e. The molecule has 1 heterocycles. The lowest BCUT2D eigenvalue weighted by molar-refractivity contribution is -0.141. The third-order valence-electron chi connectivity index (χ3n) is 5.31. The van der Waals surface area contributed by atoms with Crippen LogP contribution in [0.25, 0.3) is 0 Å². The molecule has 0 amide bonds. The first kappa shape index (κ1) is 25.3. The zero-order valence-electron chi connectivity index (χ0n) is 18.9. The van der Waals surface area contributed by atoms with E-state index in [0.29, 0.717) is 12.8 Å². The molecule has 0 aliphatic carbocycles. The number of esters is 2. The molecule has 0 aromatic carbocycles. The van der Waals surface area contributed by atoms with E-state index in [1.54, 1.807) is 0 Å². The molecule has 0 unspecified atom stereocenters. The minimum absolute atomic E-state index is 0.130. The van der Waals surface area contributed by atoms with Gasteiger partial charge in [-0.25, -0.2) is 0 Å². The predicted molar refractivity (Wildman–Crippen MR) is 115 cm³/mol. The van der Waals surface area contributed by atoms with Gasteiger partial charge in [0, 0.05) is 25.7 Å². The molecule has 0 radical (unpaired) electrons. The summed E-state index contributed by atoms with van der Waals surface area (Å²) in [5.41, 5.74) is 2.85. The van der Waals surface area contributed by atoms with Gasteiger partial charge in [-0.3, -0.25) is 9.59 Å². The van der Waals surface area contributed by atoms with E-state index in [-0.39, 0.29) is 11.9 Å². The Morgan fingerprint density at radius 1 is 0.655 bits per heavy atom. The number of methoxy groups -OCH3 is 2. The minimum atomic E-state index is -0.130. The molecule has 5 heteroatoms. The summed E-state index contributed by atoms with van der Waals surface area (Å²) in [6.45, 7) is 4.44. The molecule has 0 spiro atoms. The molecule has 29 heavy (non-hydrogen) atoms. The van der Waals surface area contributed by atoms with Crippen molar-refractivity contribution in [2.24, 2.45) is 0 Å². The van der Waals surface area contributed by atoms with Gasteiger partial charge in [-0.2, -0.15) is 0 Å². The van der Waals surface area contributed by atoms with Crippen LogP contribution in [0.1, 0.15) is 101 Å². The molecule has 1 rings (SSSR count). The van der Waals surface area contributed by atoms with E-state index in [4.69, 9.17) is 13.9 Å². The second-order valence-corrected chi connectivity index (χ2v) is 7.68. The molecule has 0 atom stereocenters. The number of unbranched alkanes of at least 4 members (excludes halogenated alkanes) is 4. The third kappa shape index (κ3) is 9.51. The average molecular weight is 409 g/mol. The quantitative estimate of drug-likeness (QED) is 0.258. The van der Waals surface area contributed by atoms with Gasteiger partial charge >= 0.3 is 11.9 Å². The second-order valence-electron chi connectivity index (χ2n) is 7.68. The summed E-state index contributed by atoms with van der Waals surface area (Å²) in [4.78, 5) is 22.5. The molecule has 0 bridgehead atoms. The monoisotopic (exact) mass is 408 g/mol. The maximum Gasteiger partial charge on any atom is 0.305 e. The summed E-state index contributed by atoms with van der Waals surface area (Å²) in [5.74, 6) is 2.04. The maximum absolute atomic E-state index is 11.2. The highest BCUT2D eigenvalue weighted by molar-refractivity contribution is 5.69. The van der Waals surface area contributed by atoms with Crippen LogP contribution < -0.4 is 0 Å². The lowest BCUT2D eigenvalue weighted by Crippen LogP contribution is -2.00. The molecular formula is C24H40O5. The Morgan fingerprint density at radius 2 is 1.07 bits per heavy atom. The molecule has 5 nitrogen and oxygen atoms in total. The van der Waals surface area contributed by atoms with Crippen LogP contribution in [-0.4, -0.2) is 26.2 Å². The Bertz CT molecular complexity index is 552. The fourth-order valence-corrected chi connectivity index (χ4v) is 3.76. The van der Waals surface area contributed by atoms with Gasteiger partial charge in [0.25, 0.3) is 0 Å². The Balaban J connectivity index is 2.65. The summed E-state index contributed by atoms with van der Waals surface area (Å²) in [6.07, 6.45) is 13.0. The number of carbonyl (C=O) groups excluding carboxylic acids is 2. The third-order valence-corrected chi connectivity index (χ3v) is 5.31. The van der Waals surface area contributed by atoms with Crippen LogP contribution in [0.3, 0.4) is 0 Å². The van der Waals surface area contributed by atoms with Crippen molar-refractivity contribution < 1.29 is 23.5 Å². The second kappa shape index (κ2) is 15.1. The van der Waals surface area contributed by atoms with Gasteiger partial charge in [0.1, 0.15) is 11.5 Å². The first-order valence-corrected chi connectivity index (χ1v) is 11.3. The molecule has 0 saturated heterocycles. The van der Waals surface area contributed by atoms with Crippen LogP contribution in [0.5, 0.6) is 0 Å². The number of hydrogen-bond acceptors (Lipinski definition) is 5. The van der Waals surface area contributed by atoms with Crippen LogP contribution in [0.15, 0.2) is 4.42 Å². The fourth-order valence-electron chi connectivity index (χ4n) is 3.76. The van der Waals surface area contributed by atoms with Crippen LogP contribution in [-0.2, 0) is 44.7 Å². The van der Waals surface area contributed by atoms with Gasteiger partial charge in [0.2, 0.25) is 0 Å². The maximum atomic E-state index is 11.2. The highest BCUT2D eigenvalue weighted by atomic mass is 16.5. The van der Waals surface area contributed by atoms with Crippen molar-refractivity contribution in [1.82, 2.24) is 0 Å². The predicted octanol–water partition coefficient (Wildman–Crippen LogP) is 5.74. The normalized spacial score (nSPS) is 10.9. The van der Waals surface area contributed by atoms with Gasteiger partial charge in [0.05, 0.1) is 14.2 Å². The number of ether oxygens (including phenoxy) is 2. The van der Waals surface area contributed by atoms with E-state index >= 15 is 0 Å². The molecular weight excluding hydrogens is 368 g/mol. The summed E-state index contributed by atoms with van der Waals surface area (Å²) < 4.78 is 15.8. The van der Waals surface area contributed by atoms with Crippen LogP contribution >= 0.6 is 0 Å². The van der Waals surface area contributed by atoms with E-state index < -0.39 is 0 Å². The standard InChI is InChI=1S/C24H40O5/c1-5-13-19-20(14-6-2)22(16-10-8-12-18-24(26)28-4)29-21(19)15-9-7-11-17-23(25)27-3/h5-18H2,1-4H3. The highest BCUT2D eigenvalue weighted by Crippen LogP contribution is 2.29. The van der Waals surface area contributed by atoms with E-state index in [1.807, 2.05) is 0 Å². The molecule has 166 valence electrons. The highest BCUT2D eigenvalue weighted by Gasteiger charge is 2.18. The number of furan rings is 1. The van der Waals surface area contributed by atoms with E-state index in [2.05, 4.69) is 13.8 Å². The Hall–Kier alpha value is -1.78.